The van der Waals surface area contributed by atoms with Crippen molar-refractivity contribution in [2.24, 2.45) is 0 Å². The zero-order valence-corrected chi connectivity index (χ0v) is 7.30. The summed E-state index contributed by atoms with van der Waals surface area (Å²) in [5.41, 5.74) is 0. The SMILES string of the molecule is Cc1nccs1.O=c1[nH]cco1. The van der Waals surface area contributed by atoms with E-state index in [1.807, 2.05) is 12.3 Å². The van der Waals surface area contributed by atoms with Gasteiger partial charge in [0, 0.05) is 17.8 Å². The summed E-state index contributed by atoms with van der Waals surface area (Å²) < 4.78 is 4.22. The van der Waals surface area contributed by atoms with Gasteiger partial charge in [0.1, 0.15) is 6.26 Å². The Hall–Kier alpha value is -1.36. The lowest BCUT2D eigenvalue weighted by molar-refractivity contribution is 0.515. The van der Waals surface area contributed by atoms with Gasteiger partial charge >= 0.3 is 5.76 Å². The minimum Gasteiger partial charge on any atom is -0.417 e. The van der Waals surface area contributed by atoms with E-state index >= 15 is 0 Å². The number of nitrogens with zero attached hydrogens (tertiary/aromatic N) is 1. The Balaban J connectivity index is 0.000000120. The molecule has 2 rings (SSSR count). The van der Waals surface area contributed by atoms with Crippen molar-refractivity contribution < 1.29 is 4.42 Å². The molecule has 0 atom stereocenters. The number of rotatable bonds is 0. The van der Waals surface area contributed by atoms with Gasteiger partial charge < -0.3 is 4.42 Å². The van der Waals surface area contributed by atoms with Crippen molar-refractivity contribution in [1.29, 1.82) is 0 Å². The highest BCUT2D eigenvalue weighted by Crippen LogP contribution is 1.98. The minimum absolute atomic E-state index is 0.407. The summed E-state index contributed by atoms with van der Waals surface area (Å²) in [5, 5.41) is 3.10. The number of hydrogen-bond acceptors (Lipinski definition) is 4. The first-order valence-corrected chi connectivity index (χ1v) is 4.15. The Kier molecular flexibility index (Phi) is 3.28. The van der Waals surface area contributed by atoms with Crippen LogP contribution in [0.5, 0.6) is 0 Å². The molecule has 64 valence electrons. The third-order valence-corrected chi connectivity index (χ3v) is 1.70. The second kappa shape index (κ2) is 4.50. The summed E-state index contributed by atoms with van der Waals surface area (Å²) in [5.74, 6) is -0.407. The van der Waals surface area contributed by atoms with Crippen LogP contribution in [0.2, 0.25) is 0 Å². The van der Waals surface area contributed by atoms with Gasteiger partial charge in [0.25, 0.3) is 0 Å². The lowest BCUT2D eigenvalue weighted by Gasteiger charge is -1.65. The van der Waals surface area contributed by atoms with Crippen LogP contribution in [-0.2, 0) is 0 Å². The molecule has 0 spiro atoms. The molecule has 0 fully saturated rings. The van der Waals surface area contributed by atoms with E-state index < -0.39 is 5.76 Å². The minimum atomic E-state index is -0.407. The second-order valence-electron chi connectivity index (χ2n) is 1.90. The van der Waals surface area contributed by atoms with Crippen LogP contribution in [0.3, 0.4) is 0 Å². The van der Waals surface area contributed by atoms with Crippen LogP contribution in [0, 0.1) is 6.92 Å². The highest BCUT2D eigenvalue weighted by Gasteiger charge is 1.76. The number of aryl methyl sites for hydroxylation is 1. The summed E-state index contributed by atoms with van der Waals surface area (Å²) in [4.78, 5) is 16.1. The molecule has 0 radical (unpaired) electrons. The quantitative estimate of drug-likeness (QED) is 0.673. The van der Waals surface area contributed by atoms with Crippen LogP contribution in [-0.4, -0.2) is 9.97 Å². The fourth-order valence-electron chi connectivity index (χ4n) is 0.527. The molecule has 4 nitrogen and oxygen atoms in total. The van der Waals surface area contributed by atoms with Crippen LogP contribution in [0.25, 0.3) is 0 Å². The average Bonchev–Trinajstić information content (AvgIpc) is 2.63. The van der Waals surface area contributed by atoms with E-state index in [4.69, 9.17) is 0 Å². The Morgan fingerprint density at radius 2 is 2.50 bits per heavy atom. The fourth-order valence-corrected chi connectivity index (χ4v) is 0.967. The summed E-state index contributed by atoms with van der Waals surface area (Å²) in [6.07, 6.45) is 4.53. The first-order chi connectivity index (χ1) is 5.79. The van der Waals surface area contributed by atoms with Gasteiger partial charge in [-0.2, -0.15) is 0 Å². The predicted octanol–water partition coefficient (Wildman–Crippen LogP) is 1.42. The molecule has 0 aliphatic rings. The van der Waals surface area contributed by atoms with Crippen LogP contribution >= 0.6 is 11.3 Å². The number of aromatic amines is 1. The number of H-pyrrole nitrogens is 1. The lowest BCUT2D eigenvalue weighted by Crippen LogP contribution is -1.91. The third-order valence-electron chi connectivity index (χ3n) is 1.00. The maximum atomic E-state index is 9.85. The third kappa shape index (κ3) is 3.16. The Morgan fingerprint density at radius 1 is 1.67 bits per heavy atom. The first-order valence-electron chi connectivity index (χ1n) is 3.27. The molecule has 12 heavy (non-hydrogen) atoms. The van der Waals surface area contributed by atoms with E-state index in [1.165, 1.54) is 12.5 Å². The molecule has 0 bridgehead atoms. The van der Waals surface area contributed by atoms with Gasteiger partial charge in [0.15, 0.2) is 0 Å². The summed E-state index contributed by atoms with van der Waals surface area (Å²) in [7, 11) is 0. The predicted molar refractivity (Wildman–Crippen MR) is 46.2 cm³/mol. The van der Waals surface area contributed by atoms with Gasteiger partial charge in [-0.3, -0.25) is 9.97 Å². The van der Waals surface area contributed by atoms with E-state index in [1.54, 1.807) is 17.5 Å². The van der Waals surface area contributed by atoms with E-state index in [0.717, 1.165) is 5.01 Å². The number of nitrogens with one attached hydrogen (secondary N) is 1. The number of thiazole rings is 1. The van der Waals surface area contributed by atoms with Gasteiger partial charge in [0.2, 0.25) is 0 Å². The maximum Gasteiger partial charge on any atom is 0.416 e. The van der Waals surface area contributed by atoms with E-state index in [9.17, 15) is 4.79 Å². The van der Waals surface area contributed by atoms with Gasteiger partial charge in [-0.25, -0.2) is 4.79 Å². The molecule has 0 aliphatic heterocycles. The highest BCUT2D eigenvalue weighted by molar-refractivity contribution is 7.09. The van der Waals surface area contributed by atoms with Gasteiger partial charge in [-0.1, -0.05) is 0 Å². The zero-order valence-electron chi connectivity index (χ0n) is 6.48. The Morgan fingerprint density at radius 3 is 2.67 bits per heavy atom. The zero-order chi connectivity index (χ0) is 8.81. The van der Waals surface area contributed by atoms with E-state index in [-0.39, 0.29) is 0 Å². The summed E-state index contributed by atoms with van der Waals surface area (Å²) in [6, 6.07) is 0. The average molecular weight is 184 g/mol. The van der Waals surface area contributed by atoms with Crippen molar-refractivity contribution in [3.63, 3.8) is 0 Å². The van der Waals surface area contributed by atoms with Crippen molar-refractivity contribution in [2.75, 3.05) is 0 Å². The molecule has 0 aromatic carbocycles. The fraction of sp³-hybridized carbons (Fsp3) is 0.143. The normalized spacial score (nSPS) is 8.75. The first kappa shape index (κ1) is 8.73. The molecule has 0 saturated carbocycles. The summed E-state index contributed by atoms with van der Waals surface area (Å²) in [6.45, 7) is 1.99. The molecule has 2 heterocycles. The highest BCUT2D eigenvalue weighted by atomic mass is 32.1. The molecule has 1 N–H and O–H groups in total. The number of hydrogen-bond donors (Lipinski definition) is 1. The smallest absolute Gasteiger partial charge is 0.416 e. The lowest BCUT2D eigenvalue weighted by atomic mass is 10.8. The van der Waals surface area contributed by atoms with Crippen LogP contribution < -0.4 is 5.76 Å². The molecular weight excluding hydrogens is 176 g/mol. The number of aromatic nitrogens is 2. The van der Waals surface area contributed by atoms with Gasteiger partial charge in [0.05, 0.1) is 5.01 Å². The molecular formula is C7H8N2O2S. The maximum absolute atomic E-state index is 9.85. The largest absolute Gasteiger partial charge is 0.417 e. The molecule has 2 aromatic heterocycles. The Labute approximate surface area is 72.9 Å². The molecule has 5 heteroatoms. The molecule has 0 aliphatic carbocycles. The van der Waals surface area contributed by atoms with Crippen LogP contribution in [0.4, 0.5) is 0 Å². The molecule has 2 aromatic rings. The van der Waals surface area contributed by atoms with Crippen molar-refractivity contribution >= 4 is 11.3 Å². The molecule has 0 unspecified atom stereocenters. The Bertz CT molecular complexity index is 333. The van der Waals surface area contributed by atoms with E-state index in [0.29, 0.717) is 0 Å². The van der Waals surface area contributed by atoms with Gasteiger partial charge in [-0.05, 0) is 6.92 Å². The van der Waals surface area contributed by atoms with E-state index in [2.05, 4.69) is 14.4 Å². The summed E-state index contributed by atoms with van der Waals surface area (Å²) >= 11 is 1.67. The molecule has 0 amide bonds. The van der Waals surface area contributed by atoms with Gasteiger partial charge in [-0.15, -0.1) is 11.3 Å². The van der Waals surface area contributed by atoms with Crippen molar-refractivity contribution in [3.8, 4) is 0 Å². The van der Waals surface area contributed by atoms with Crippen LogP contribution in [0.15, 0.2) is 33.2 Å². The van der Waals surface area contributed by atoms with Crippen molar-refractivity contribution in [1.82, 2.24) is 9.97 Å². The molecule has 0 saturated heterocycles. The number of oxazole rings is 1. The topological polar surface area (TPSA) is 58.9 Å². The van der Waals surface area contributed by atoms with Crippen molar-refractivity contribution in [3.05, 3.63) is 39.6 Å². The standard InChI is InChI=1S/C4H5NS.C3H3NO2/c1-4-5-2-3-6-4;5-3-4-1-2-6-3/h2-3H,1H3;1-2H,(H,4,5). The van der Waals surface area contributed by atoms with Crippen LogP contribution in [0.1, 0.15) is 5.01 Å². The monoisotopic (exact) mass is 184 g/mol. The second-order valence-corrected chi connectivity index (χ2v) is 3.00. The van der Waals surface area contributed by atoms with Crippen molar-refractivity contribution in [2.45, 2.75) is 6.92 Å².